The number of benzene rings is 5. The Morgan fingerprint density at radius 2 is 0.782 bits per heavy atom. The molecule has 416 valence electrons. The van der Waals surface area contributed by atoms with E-state index in [0.29, 0.717) is 0 Å². The lowest BCUT2D eigenvalue weighted by molar-refractivity contribution is 0.305. The summed E-state index contributed by atoms with van der Waals surface area (Å²) in [6, 6.07) is 38.3. The minimum atomic E-state index is 0.729. The Balaban J connectivity index is 1.31. The van der Waals surface area contributed by atoms with Crippen molar-refractivity contribution in [1.29, 1.82) is 0 Å². The molecule has 0 aromatic heterocycles. The van der Waals surface area contributed by atoms with Crippen LogP contribution in [0.2, 0.25) is 0 Å². The molecule has 0 amide bonds. The van der Waals surface area contributed by atoms with Crippen LogP contribution in [0.4, 0.5) is 22.7 Å². The number of nitrogens with zero attached hydrogens (tertiary/aromatic N) is 2. The molecule has 0 aliphatic rings. The fourth-order valence-electron chi connectivity index (χ4n) is 9.06. The van der Waals surface area contributed by atoms with Gasteiger partial charge in [0, 0.05) is 34.1 Å². The Morgan fingerprint density at radius 1 is 0.423 bits per heavy atom. The third-order valence-corrected chi connectivity index (χ3v) is 13.8. The molecule has 0 saturated heterocycles. The highest BCUT2D eigenvalue weighted by Gasteiger charge is 2.15. The van der Waals surface area contributed by atoms with Gasteiger partial charge in [-0.2, -0.15) is 0 Å². The molecule has 0 unspecified atom stereocenters. The first-order chi connectivity index (χ1) is 38.3. The number of allylic oxidation sites excluding steroid dienone is 9. The van der Waals surface area contributed by atoms with E-state index in [4.69, 9.17) is 18.9 Å². The van der Waals surface area contributed by atoms with Crippen molar-refractivity contribution in [2.75, 3.05) is 36.2 Å². The predicted molar refractivity (Wildman–Crippen MR) is 338 cm³/mol. The zero-order valence-electron chi connectivity index (χ0n) is 48.8. The van der Waals surface area contributed by atoms with Crippen LogP contribution in [-0.4, -0.2) is 26.4 Å². The number of hydrogen-bond donors (Lipinski definition) is 0. The van der Waals surface area contributed by atoms with E-state index in [0.717, 1.165) is 116 Å². The zero-order valence-corrected chi connectivity index (χ0v) is 48.8. The van der Waals surface area contributed by atoms with Crippen molar-refractivity contribution in [3.8, 4) is 23.0 Å². The van der Waals surface area contributed by atoms with Crippen LogP contribution in [-0.2, 0) is 0 Å². The highest BCUT2D eigenvalue weighted by Crippen LogP contribution is 2.35. The van der Waals surface area contributed by atoms with Crippen LogP contribution in [0, 0.1) is 13.8 Å². The molecular weight excluding hydrogens is 957 g/mol. The lowest BCUT2D eigenvalue weighted by Gasteiger charge is -2.27. The van der Waals surface area contributed by atoms with Gasteiger partial charge in [-0.1, -0.05) is 172 Å². The standard InChI is InChI=1S/C72H94N2O4/c1-9-15-19-29-53-75-69-45-37-65(38-46-69)73(66-39-47-70(48-40-66)76-54-30-20-16-10-2)63(13-5)35-27-23-25-33-61-57-59(7)60(8)58-62(61)34-26-24-28-36-64(14-6)74(67-41-49-71(50-42-67)77-55-31-21-17-11-3)68-43-51-72(52-44-68)78-56-32-22-18-12-4/h13-14,23,25-28,33-52,57-58H,5,9-12,15-22,24,29-32,53-56H2,1-4,6-8H3/b27-23+,33-25+,34-26+,36-28-,63-35+,64-14+. The van der Waals surface area contributed by atoms with Crippen LogP contribution >= 0.6 is 0 Å². The summed E-state index contributed by atoms with van der Waals surface area (Å²) in [7, 11) is 0. The summed E-state index contributed by atoms with van der Waals surface area (Å²) in [5.74, 6) is 3.56. The molecular formula is C72H94N2O4. The summed E-state index contributed by atoms with van der Waals surface area (Å²) in [6.07, 6.45) is 43.3. The second kappa shape index (κ2) is 37.0. The first-order valence-corrected chi connectivity index (χ1v) is 29.6. The lowest BCUT2D eigenvalue weighted by Crippen LogP contribution is -2.15. The van der Waals surface area contributed by atoms with E-state index in [1.54, 1.807) is 0 Å². The predicted octanol–water partition coefficient (Wildman–Crippen LogP) is 21.3. The maximum absolute atomic E-state index is 6.13. The van der Waals surface area contributed by atoms with Gasteiger partial charge in [0.1, 0.15) is 23.0 Å². The van der Waals surface area contributed by atoms with E-state index >= 15 is 0 Å². The number of aryl methyl sites for hydroxylation is 2. The topological polar surface area (TPSA) is 43.4 Å². The van der Waals surface area contributed by atoms with E-state index in [1.807, 2.05) is 6.08 Å². The van der Waals surface area contributed by atoms with E-state index in [1.165, 1.54) is 99.3 Å². The minimum Gasteiger partial charge on any atom is -0.494 e. The Kier molecular flexibility index (Phi) is 29.4. The van der Waals surface area contributed by atoms with Crippen LogP contribution in [0.3, 0.4) is 0 Å². The molecule has 0 heterocycles. The second-order valence-corrected chi connectivity index (χ2v) is 20.1. The fourth-order valence-corrected chi connectivity index (χ4v) is 9.06. The molecule has 6 heteroatoms. The van der Waals surface area contributed by atoms with Crippen LogP contribution in [0.25, 0.3) is 12.2 Å². The average molecular weight is 1050 g/mol. The summed E-state index contributed by atoms with van der Waals surface area (Å²) in [6.45, 7) is 22.6. The summed E-state index contributed by atoms with van der Waals surface area (Å²) >= 11 is 0. The van der Waals surface area contributed by atoms with Crippen molar-refractivity contribution in [3.63, 3.8) is 0 Å². The average Bonchev–Trinajstić information content (AvgIpc) is 3.46. The molecule has 0 radical (unpaired) electrons. The van der Waals surface area contributed by atoms with E-state index in [9.17, 15) is 0 Å². The van der Waals surface area contributed by atoms with Crippen LogP contribution < -0.4 is 28.7 Å². The van der Waals surface area contributed by atoms with Gasteiger partial charge in [-0.15, -0.1) is 0 Å². The molecule has 6 nitrogen and oxygen atoms in total. The number of ether oxygens (including phenoxy) is 4. The maximum Gasteiger partial charge on any atom is 0.119 e. The molecule has 5 aromatic carbocycles. The Hall–Kier alpha value is -6.92. The molecule has 0 saturated carbocycles. The largest absolute Gasteiger partial charge is 0.494 e. The normalized spacial score (nSPS) is 12.1. The third kappa shape index (κ3) is 21.8. The highest BCUT2D eigenvalue weighted by molar-refractivity contribution is 5.73. The zero-order chi connectivity index (χ0) is 55.4. The molecule has 0 aliphatic heterocycles. The number of anilines is 4. The van der Waals surface area contributed by atoms with Crippen molar-refractivity contribution in [3.05, 3.63) is 204 Å². The summed E-state index contributed by atoms with van der Waals surface area (Å²) in [5, 5.41) is 0. The molecule has 5 aromatic rings. The van der Waals surface area contributed by atoms with E-state index < -0.39 is 0 Å². The molecule has 0 N–H and O–H groups in total. The maximum atomic E-state index is 6.13. The van der Waals surface area contributed by atoms with Crippen molar-refractivity contribution in [2.24, 2.45) is 0 Å². The first-order valence-electron chi connectivity index (χ1n) is 29.6. The van der Waals surface area contributed by atoms with Gasteiger partial charge in [0.05, 0.1) is 26.4 Å². The van der Waals surface area contributed by atoms with E-state index in [-0.39, 0.29) is 0 Å². The fraction of sp³-hybridized carbons (Fsp3) is 0.389. The lowest BCUT2D eigenvalue weighted by atomic mass is 9.99. The second-order valence-electron chi connectivity index (χ2n) is 20.1. The Bertz CT molecular complexity index is 2520. The van der Waals surface area contributed by atoms with Crippen LogP contribution in [0.5, 0.6) is 23.0 Å². The van der Waals surface area contributed by atoms with Gasteiger partial charge in [-0.05, 0) is 190 Å². The molecule has 78 heavy (non-hydrogen) atoms. The van der Waals surface area contributed by atoms with Crippen molar-refractivity contribution in [1.82, 2.24) is 0 Å². The highest BCUT2D eigenvalue weighted by atomic mass is 16.5. The molecule has 5 rings (SSSR count). The first kappa shape index (κ1) is 61.9. The van der Waals surface area contributed by atoms with Gasteiger partial charge in [-0.3, -0.25) is 0 Å². The van der Waals surface area contributed by atoms with E-state index in [2.05, 4.69) is 235 Å². The van der Waals surface area contributed by atoms with Gasteiger partial charge in [-0.25, -0.2) is 0 Å². The molecule has 0 aliphatic carbocycles. The van der Waals surface area contributed by atoms with Gasteiger partial charge < -0.3 is 28.7 Å². The summed E-state index contributed by atoms with van der Waals surface area (Å²) in [4.78, 5) is 4.52. The minimum absolute atomic E-state index is 0.729. The Morgan fingerprint density at radius 3 is 1.13 bits per heavy atom. The summed E-state index contributed by atoms with van der Waals surface area (Å²) < 4.78 is 24.5. The SMILES string of the molecule is C=C\C(=C/C=C/C=C/c1cc(C)c(C)cc1/C=C/C/C=C\C(=C/C)N(c1ccc(OCCCCCC)cc1)c1ccc(OCCCCCC)cc1)N(c1ccc(OCCCCCC)cc1)c1ccc(OCCCCCC)cc1. The van der Waals surface area contributed by atoms with Crippen LogP contribution in [0.1, 0.15) is 166 Å². The number of unbranched alkanes of at least 4 members (excludes halogenated alkanes) is 12. The molecule has 0 spiro atoms. The van der Waals surface area contributed by atoms with Crippen molar-refractivity contribution >= 4 is 34.9 Å². The Labute approximate surface area is 472 Å². The molecule has 0 atom stereocenters. The monoisotopic (exact) mass is 1050 g/mol. The molecule has 0 bridgehead atoms. The van der Waals surface area contributed by atoms with Gasteiger partial charge in [0.2, 0.25) is 0 Å². The molecule has 0 fully saturated rings. The third-order valence-electron chi connectivity index (χ3n) is 13.8. The van der Waals surface area contributed by atoms with Gasteiger partial charge in [0.15, 0.2) is 0 Å². The quantitative estimate of drug-likeness (QED) is 0.0290. The van der Waals surface area contributed by atoms with Crippen molar-refractivity contribution < 1.29 is 18.9 Å². The number of hydrogen-bond acceptors (Lipinski definition) is 6. The van der Waals surface area contributed by atoms with Gasteiger partial charge >= 0.3 is 0 Å². The summed E-state index contributed by atoms with van der Waals surface area (Å²) in [5.41, 5.74) is 11.1. The van der Waals surface area contributed by atoms with Crippen molar-refractivity contribution in [2.45, 2.75) is 158 Å². The smallest absolute Gasteiger partial charge is 0.119 e. The van der Waals surface area contributed by atoms with Gasteiger partial charge in [0.25, 0.3) is 0 Å². The van der Waals surface area contributed by atoms with Crippen LogP contribution in [0.15, 0.2) is 182 Å². The number of rotatable bonds is 38.